The van der Waals surface area contributed by atoms with Crippen LogP contribution < -0.4 is 16.2 Å². The van der Waals surface area contributed by atoms with Crippen molar-refractivity contribution in [3.63, 3.8) is 0 Å². The van der Waals surface area contributed by atoms with E-state index in [9.17, 15) is 13.2 Å². The Morgan fingerprint density at radius 2 is 2.00 bits per heavy atom. The van der Waals surface area contributed by atoms with E-state index in [0.717, 1.165) is 12.3 Å². The van der Waals surface area contributed by atoms with Crippen molar-refractivity contribution in [1.82, 2.24) is 4.98 Å². The fraction of sp³-hybridized carbons (Fsp3) is 0.0714. The number of rotatable bonds is 4. The first-order chi connectivity index (χ1) is 11.2. The molecule has 0 atom stereocenters. The minimum atomic E-state index is -3.73. The lowest BCUT2D eigenvalue weighted by Gasteiger charge is -2.11. The highest BCUT2D eigenvalue weighted by atomic mass is 35.5. The summed E-state index contributed by atoms with van der Waals surface area (Å²) in [6.45, 7) is 0. The Balaban J connectivity index is 2.58. The molecule has 0 unspecified atom stereocenters. The van der Waals surface area contributed by atoms with Crippen molar-refractivity contribution in [2.24, 2.45) is 16.5 Å². The summed E-state index contributed by atoms with van der Waals surface area (Å²) >= 11 is 6.03. The number of hydrogen-bond donors (Lipinski definition) is 2. The van der Waals surface area contributed by atoms with Gasteiger partial charge in [-0.25, -0.2) is 13.4 Å². The maximum Gasteiger partial charge on any atom is 0.281 e. The molecule has 24 heavy (non-hydrogen) atoms. The lowest BCUT2D eigenvalue weighted by molar-refractivity contribution is 0.100. The van der Waals surface area contributed by atoms with Crippen molar-refractivity contribution in [3.8, 4) is 11.6 Å². The molecule has 0 spiro atoms. The van der Waals surface area contributed by atoms with Crippen LogP contribution in [0.2, 0.25) is 5.02 Å². The molecule has 1 aromatic carbocycles. The number of nitrogens with zero attached hydrogens (tertiary/aromatic N) is 2. The van der Waals surface area contributed by atoms with Gasteiger partial charge in [-0.15, -0.1) is 0 Å². The van der Waals surface area contributed by atoms with Crippen molar-refractivity contribution >= 4 is 33.3 Å². The zero-order valence-electron chi connectivity index (χ0n) is 12.4. The summed E-state index contributed by atoms with van der Waals surface area (Å²) < 4.78 is 29.5. The number of nitrogens with two attached hydrogens (primary N) is 2. The molecule has 0 saturated carbocycles. The molecule has 1 aromatic heterocycles. The number of hydrogen-bond acceptors (Lipinski definition) is 5. The molecule has 0 aliphatic rings. The van der Waals surface area contributed by atoms with E-state index < -0.39 is 21.7 Å². The molecule has 0 aliphatic carbocycles. The smallest absolute Gasteiger partial charge is 0.281 e. The first kappa shape index (κ1) is 17.7. The van der Waals surface area contributed by atoms with Crippen LogP contribution in [0.5, 0.6) is 11.6 Å². The molecule has 126 valence electrons. The number of benzene rings is 1. The second-order valence-corrected chi connectivity index (χ2v) is 7.05. The van der Waals surface area contributed by atoms with Gasteiger partial charge in [0.05, 0.1) is 10.6 Å². The molecule has 0 bridgehead atoms. The van der Waals surface area contributed by atoms with Gasteiger partial charge in [0.25, 0.3) is 5.91 Å². The molecule has 8 nitrogen and oxygen atoms in total. The van der Waals surface area contributed by atoms with Crippen LogP contribution >= 0.6 is 11.6 Å². The van der Waals surface area contributed by atoms with E-state index in [-0.39, 0.29) is 27.1 Å². The molecule has 1 amide bonds. The first-order valence-corrected chi connectivity index (χ1v) is 8.72. The molecule has 4 N–H and O–H groups in total. The number of amides is 1. The third-order valence-corrected chi connectivity index (χ3v) is 4.18. The molecule has 1 heterocycles. The second kappa shape index (κ2) is 6.85. The van der Waals surface area contributed by atoms with E-state index in [2.05, 4.69) is 9.98 Å². The minimum Gasteiger partial charge on any atom is -0.438 e. The van der Waals surface area contributed by atoms with Gasteiger partial charge in [-0.1, -0.05) is 17.7 Å². The van der Waals surface area contributed by atoms with Gasteiger partial charge in [0.1, 0.15) is 10.6 Å². The standard InChI is InChI=1S/C14H13ClN4O4S/c1-24(21,22)11-6-8(13(20)19-14(16)17)9(15)7-10(11)23-12-4-2-3-5-18-12/h2-7H,1H3,(H4,16,17,19,20). The number of halogens is 1. The Labute approximate surface area is 143 Å². The average molecular weight is 369 g/mol. The average Bonchev–Trinajstić information content (AvgIpc) is 2.46. The van der Waals surface area contributed by atoms with Crippen molar-refractivity contribution in [2.45, 2.75) is 4.90 Å². The topological polar surface area (TPSA) is 138 Å². The maximum atomic E-state index is 12.0. The predicted octanol–water partition coefficient (Wildman–Crippen LogP) is 1.34. The highest BCUT2D eigenvalue weighted by Gasteiger charge is 2.22. The number of aromatic nitrogens is 1. The van der Waals surface area contributed by atoms with Crippen molar-refractivity contribution in [2.75, 3.05) is 6.26 Å². The van der Waals surface area contributed by atoms with Gasteiger partial charge >= 0.3 is 0 Å². The van der Waals surface area contributed by atoms with Crippen LogP contribution in [0.25, 0.3) is 0 Å². The number of carbonyl (C=O) groups excluding carboxylic acids is 1. The normalized spacial score (nSPS) is 10.9. The molecular formula is C14H13ClN4O4S. The van der Waals surface area contributed by atoms with Gasteiger partial charge in [-0.2, -0.15) is 4.99 Å². The lowest BCUT2D eigenvalue weighted by Crippen LogP contribution is -2.24. The van der Waals surface area contributed by atoms with Gasteiger partial charge in [0.2, 0.25) is 5.88 Å². The Kier molecular flexibility index (Phi) is 5.05. The van der Waals surface area contributed by atoms with Crippen LogP contribution in [-0.2, 0) is 9.84 Å². The molecule has 0 saturated heterocycles. The van der Waals surface area contributed by atoms with Crippen LogP contribution in [0.4, 0.5) is 0 Å². The molecule has 10 heteroatoms. The fourth-order valence-corrected chi connectivity index (χ4v) is 2.80. The zero-order valence-corrected chi connectivity index (χ0v) is 14.0. The van der Waals surface area contributed by atoms with Crippen molar-refractivity contribution in [3.05, 3.63) is 47.1 Å². The Bertz CT molecular complexity index is 910. The predicted molar refractivity (Wildman–Crippen MR) is 89.0 cm³/mol. The summed E-state index contributed by atoms with van der Waals surface area (Å²) in [5, 5.41) is -0.0664. The van der Waals surface area contributed by atoms with E-state index in [0.29, 0.717) is 0 Å². The van der Waals surface area contributed by atoms with E-state index in [1.807, 2.05) is 0 Å². The number of carbonyl (C=O) groups is 1. The van der Waals surface area contributed by atoms with Crippen LogP contribution in [0, 0.1) is 0 Å². The fourth-order valence-electron chi connectivity index (χ4n) is 1.77. The van der Waals surface area contributed by atoms with Crippen LogP contribution in [0.1, 0.15) is 10.4 Å². The van der Waals surface area contributed by atoms with E-state index in [1.54, 1.807) is 18.2 Å². The molecular weight excluding hydrogens is 356 g/mol. The summed E-state index contributed by atoms with van der Waals surface area (Å²) in [6.07, 6.45) is 2.45. The highest BCUT2D eigenvalue weighted by Crippen LogP contribution is 2.33. The lowest BCUT2D eigenvalue weighted by atomic mass is 10.2. The monoisotopic (exact) mass is 368 g/mol. The van der Waals surface area contributed by atoms with Crippen molar-refractivity contribution in [1.29, 1.82) is 0 Å². The number of guanidine groups is 1. The van der Waals surface area contributed by atoms with E-state index >= 15 is 0 Å². The summed E-state index contributed by atoms with van der Waals surface area (Å²) in [5.74, 6) is -1.23. The van der Waals surface area contributed by atoms with Crippen LogP contribution in [0.3, 0.4) is 0 Å². The summed E-state index contributed by atoms with van der Waals surface area (Å²) in [4.78, 5) is 19.0. The number of sulfone groups is 1. The second-order valence-electron chi connectivity index (χ2n) is 4.66. The third-order valence-electron chi connectivity index (χ3n) is 2.75. The van der Waals surface area contributed by atoms with Gasteiger partial charge < -0.3 is 16.2 Å². The minimum absolute atomic E-state index is 0.0664. The largest absolute Gasteiger partial charge is 0.438 e. The van der Waals surface area contributed by atoms with E-state index in [4.69, 9.17) is 27.8 Å². The van der Waals surface area contributed by atoms with Crippen molar-refractivity contribution < 1.29 is 17.9 Å². The number of ether oxygens (including phenoxy) is 1. The van der Waals surface area contributed by atoms with Crippen LogP contribution in [-0.4, -0.2) is 31.5 Å². The third kappa shape index (κ3) is 4.21. The summed E-state index contributed by atoms with van der Waals surface area (Å²) in [7, 11) is -3.73. The Hall–Kier alpha value is -2.65. The molecule has 2 rings (SSSR count). The van der Waals surface area contributed by atoms with Gasteiger partial charge in [0, 0.05) is 24.6 Å². The zero-order chi connectivity index (χ0) is 17.9. The van der Waals surface area contributed by atoms with Crippen LogP contribution in [0.15, 0.2) is 46.4 Å². The quantitative estimate of drug-likeness (QED) is 0.613. The number of pyridine rings is 1. The molecule has 2 aromatic rings. The van der Waals surface area contributed by atoms with Gasteiger partial charge in [-0.05, 0) is 12.1 Å². The summed E-state index contributed by atoms with van der Waals surface area (Å²) in [6, 6.07) is 7.14. The molecule has 0 fully saturated rings. The highest BCUT2D eigenvalue weighted by molar-refractivity contribution is 7.90. The Morgan fingerprint density at radius 3 is 2.54 bits per heavy atom. The SMILES string of the molecule is CS(=O)(=O)c1cc(C(=O)N=C(N)N)c(Cl)cc1Oc1ccccn1. The molecule has 0 aliphatic heterocycles. The maximum absolute atomic E-state index is 12.0. The number of aliphatic imine (C=N–C) groups is 1. The van der Waals surface area contributed by atoms with Gasteiger partial charge in [0.15, 0.2) is 15.8 Å². The first-order valence-electron chi connectivity index (χ1n) is 6.45. The molecule has 0 radical (unpaired) electrons. The summed E-state index contributed by atoms with van der Waals surface area (Å²) in [5.41, 5.74) is 10.1. The van der Waals surface area contributed by atoms with Gasteiger partial charge in [-0.3, -0.25) is 4.79 Å². The Morgan fingerprint density at radius 1 is 1.29 bits per heavy atom. The van der Waals surface area contributed by atoms with E-state index in [1.165, 1.54) is 12.3 Å².